The van der Waals surface area contributed by atoms with Crippen LogP contribution in [0.2, 0.25) is 0 Å². The topological polar surface area (TPSA) is 84.7 Å². The molecule has 0 unspecified atom stereocenters. The molecule has 0 amide bonds. The second-order valence-corrected chi connectivity index (χ2v) is 11.1. The fourth-order valence-electron chi connectivity index (χ4n) is 2.54. The fourth-order valence-corrected chi connectivity index (χ4v) is 2.54. The molecule has 28 heavy (non-hydrogen) atoms. The summed E-state index contributed by atoms with van der Waals surface area (Å²) in [5.74, 6) is -0.375. The molecular weight excluding hydrogens is 392 g/mol. The summed E-state index contributed by atoms with van der Waals surface area (Å²) in [5, 5.41) is 29.3. The molecule has 0 aliphatic heterocycles. The van der Waals surface area contributed by atoms with Gasteiger partial charge in [-0.25, -0.2) is 0 Å². The van der Waals surface area contributed by atoms with Crippen LogP contribution < -0.4 is 5.11 Å². The van der Waals surface area contributed by atoms with Crippen LogP contribution in [0.3, 0.4) is 0 Å². The molecule has 0 fully saturated rings. The van der Waals surface area contributed by atoms with Crippen molar-refractivity contribution in [2.45, 2.75) is 96.9 Å². The fraction of sp³-hybridized carbons (Fsp3) is 0.783. The molecule has 5 heteroatoms. The summed E-state index contributed by atoms with van der Waals surface area (Å²) in [6.07, 6.45) is 1.06. The molecule has 4 nitrogen and oxygen atoms in total. The Labute approximate surface area is 185 Å². The van der Waals surface area contributed by atoms with Crippen molar-refractivity contribution in [1.82, 2.24) is 0 Å². The van der Waals surface area contributed by atoms with Crippen LogP contribution in [0.25, 0.3) is 10.8 Å². The minimum atomic E-state index is -0.187. The van der Waals surface area contributed by atoms with Gasteiger partial charge in [0.15, 0.2) is 5.78 Å². The number of hydrogen-bond acceptors (Lipinski definition) is 2. The van der Waals surface area contributed by atoms with E-state index in [0.717, 1.165) is 6.08 Å². The van der Waals surface area contributed by atoms with Crippen LogP contribution in [0.5, 0.6) is 0 Å². The molecule has 0 aromatic carbocycles. The molecular formula is C23H43FeN2O2. The molecule has 0 aliphatic rings. The summed E-state index contributed by atoms with van der Waals surface area (Å²) in [5.41, 5.74) is 0.799. The van der Waals surface area contributed by atoms with Crippen molar-refractivity contribution in [3.05, 3.63) is 22.7 Å². The van der Waals surface area contributed by atoms with Gasteiger partial charge in [0.1, 0.15) is 0 Å². The zero-order valence-corrected chi connectivity index (χ0v) is 21.7. The largest absolute Gasteiger partial charge is 3.00 e. The maximum absolute atomic E-state index is 9.98. The average molecular weight is 435 g/mol. The molecule has 0 atom stereocenters. The zero-order chi connectivity index (χ0) is 23.0. The summed E-state index contributed by atoms with van der Waals surface area (Å²) in [6, 6.07) is 0. The third-order valence-electron chi connectivity index (χ3n) is 3.25. The molecule has 0 aromatic rings. The molecule has 0 aliphatic carbocycles. The second-order valence-electron chi connectivity index (χ2n) is 11.1. The predicted octanol–water partition coefficient (Wildman–Crippen LogP) is 6.02. The van der Waals surface area contributed by atoms with E-state index in [1.165, 1.54) is 13.8 Å². The SMILES string of the molecule is CC(=O)/C=C(/C)[O-].CC(C)(C)C(=[N-])C(C)(C)C.CC(C)(C)C(=[N-])C(C)(C)C.[Fe+3]. The Morgan fingerprint density at radius 2 is 0.821 bits per heavy atom. The molecule has 165 valence electrons. The molecule has 1 radical (unpaired) electrons. The quantitative estimate of drug-likeness (QED) is 0.218. The molecule has 0 saturated heterocycles. The number of carbonyl (C=O) groups is 1. The smallest absolute Gasteiger partial charge is 0.876 e. The molecule has 0 aromatic heterocycles. The van der Waals surface area contributed by atoms with Crippen molar-refractivity contribution in [3.8, 4) is 0 Å². The van der Waals surface area contributed by atoms with Crippen molar-refractivity contribution in [2.75, 3.05) is 0 Å². The summed E-state index contributed by atoms with van der Waals surface area (Å²) in [6.45, 7) is 27.0. The minimum absolute atomic E-state index is 0. The van der Waals surface area contributed by atoms with E-state index in [0.29, 0.717) is 11.4 Å². The Hall–Kier alpha value is -0.931. The molecule has 0 spiro atoms. The number of carbonyl (C=O) groups excluding carboxylic acids is 1. The minimum Gasteiger partial charge on any atom is -0.876 e. The normalized spacial score (nSPS) is 12.4. The first-order valence-electron chi connectivity index (χ1n) is 9.43. The maximum Gasteiger partial charge on any atom is 3.00 e. The predicted molar refractivity (Wildman–Crippen MR) is 119 cm³/mol. The number of rotatable bonds is 1. The van der Waals surface area contributed by atoms with Gasteiger partial charge in [0, 0.05) is 0 Å². The van der Waals surface area contributed by atoms with E-state index in [9.17, 15) is 20.7 Å². The van der Waals surface area contributed by atoms with Crippen molar-refractivity contribution in [3.63, 3.8) is 0 Å². The third kappa shape index (κ3) is 19.8. The molecule has 0 heterocycles. The van der Waals surface area contributed by atoms with Gasteiger partial charge in [-0.2, -0.15) is 11.4 Å². The second kappa shape index (κ2) is 12.6. The molecule has 0 saturated carbocycles. The first-order valence-corrected chi connectivity index (χ1v) is 9.43. The number of allylic oxidation sites excluding steroid dienone is 2. The number of ketones is 1. The van der Waals surface area contributed by atoms with Crippen molar-refractivity contribution < 1.29 is 27.0 Å². The summed E-state index contributed by atoms with van der Waals surface area (Å²) in [7, 11) is 0. The van der Waals surface area contributed by atoms with Gasteiger partial charge < -0.3 is 15.9 Å². The van der Waals surface area contributed by atoms with Gasteiger partial charge in [-0.3, -0.25) is 4.79 Å². The Balaban J connectivity index is -0.000000154. The van der Waals surface area contributed by atoms with Crippen LogP contribution >= 0.6 is 0 Å². The average Bonchev–Trinajstić information content (AvgIpc) is 2.32. The van der Waals surface area contributed by atoms with Crippen LogP contribution in [-0.4, -0.2) is 17.2 Å². The van der Waals surface area contributed by atoms with E-state index in [1.54, 1.807) is 0 Å². The van der Waals surface area contributed by atoms with Crippen LogP contribution in [-0.2, 0) is 21.9 Å². The van der Waals surface area contributed by atoms with E-state index < -0.39 is 0 Å². The van der Waals surface area contributed by atoms with E-state index >= 15 is 0 Å². The van der Waals surface area contributed by atoms with Crippen molar-refractivity contribution >= 4 is 17.2 Å². The molecule has 0 N–H and O–H groups in total. The van der Waals surface area contributed by atoms with Gasteiger partial charge in [-0.1, -0.05) is 90.0 Å². The van der Waals surface area contributed by atoms with Gasteiger partial charge in [0.25, 0.3) is 0 Å². The van der Waals surface area contributed by atoms with E-state index in [1.807, 2.05) is 83.1 Å². The van der Waals surface area contributed by atoms with Gasteiger partial charge in [0.2, 0.25) is 0 Å². The van der Waals surface area contributed by atoms with E-state index in [4.69, 9.17) is 0 Å². The zero-order valence-electron chi connectivity index (χ0n) is 20.6. The Bertz CT molecular complexity index is 463. The monoisotopic (exact) mass is 435 g/mol. The summed E-state index contributed by atoms with van der Waals surface area (Å²) < 4.78 is 0. The number of hydrogen-bond donors (Lipinski definition) is 0. The van der Waals surface area contributed by atoms with Crippen molar-refractivity contribution in [1.29, 1.82) is 0 Å². The Morgan fingerprint density at radius 3 is 0.821 bits per heavy atom. The third-order valence-corrected chi connectivity index (χ3v) is 3.25. The van der Waals surface area contributed by atoms with Gasteiger partial charge >= 0.3 is 17.1 Å². The van der Waals surface area contributed by atoms with Crippen LogP contribution in [0.4, 0.5) is 0 Å². The Morgan fingerprint density at radius 1 is 0.643 bits per heavy atom. The standard InChI is InChI=1S/2C9H18N.C5H8O2.Fe/c2*1-8(2,3)7(10)9(4,5)6;1-4(6)3-5(2)7;/h2*1-6H3;3,6H,1-2H3;/q2*-1;;+3/p-1/b;;4-3-;. The van der Waals surface area contributed by atoms with Crippen LogP contribution in [0.1, 0.15) is 96.9 Å². The first-order chi connectivity index (χ1) is 11.4. The maximum atomic E-state index is 9.98. The first kappa shape index (κ1) is 34.6. The summed E-state index contributed by atoms with van der Waals surface area (Å²) in [4.78, 5) is 9.98. The van der Waals surface area contributed by atoms with Crippen molar-refractivity contribution in [2.24, 2.45) is 21.7 Å². The molecule has 0 bridgehead atoms. The van der Waals surface area contributed by atoms with Crippen LogP contribution in [0, 0.1) is 21.7 Å². The van der Waals surface area contributed by atoms with E-state index in [-0.39, 0.29) is 50.3 Å². The number of nitrogens with zero attached hydrogens (tertiary/aromatic N) is 2. The van der Waals surface area contributed by atoms with Gasteiger partial charge in [0.05, 0.1) is 0 Å². The van der Waals surface area contributed by atoms with E-state index in [2.05, 4.69) is 0 Å². The Kier molecular flexibility index (Phi) is 15.5. The van der Waals surface area contributed by atoms with Gasteiger partial charge in [-0.15, -0.1) is 5.76 Å². The molecule has 0 rings (SSSR count). The summed E-state index contributed by atoms with van der Waals surface area (Å²) >= 11 is 0. The van der Waals surface area contributed by atoms with Gasteiger partial charge in [-0.05, 0) is 34.7 Å². The van der Waals surface area contributed by atoms with Crippen LogP contribution in [0.15, 0.2) is 11.8 Å².